The Hall–Kier alpha value is -1.40. The number of para-hydroxylation sites is 1. The molecule has 0 bridgehead atoms. The van der Waals surface area contributed by atoms with E-state index in [4.69, 9.17) is 4.74 Å². The second kappa shape index (κ2) is 5.66. The summed E-state index contributed by atoms with van der Waals surface area (Å²) in [6, 6.07) is 12.5. The molecule has 22 heavy (non-hydrogen) atoms. The molecule has 0 aliphatic rings. The fourth-order valence-electron chi connectivity index (χ4n) is 1.82. The zero-order valence-electron chi connectivity index (χ0n) is 11.9. The number of nitrogens with zero attached hydrogens (tertiary/aromatic N) is 1. The van der Waals surface area contributed by atoms with E-state index >= 15 is 0 Å². The molecule has 0 radical (unpaired) electrons. The topological polar surface area (TPSA) is 13.1 Å². The Morgan fingerprint density at radius 1 is 1.00 bits per heavy atom. The molecule has 2 aromatic rings. The molecule has 1 atom stereocenters. The van der Waals surface area contributed by atoms with Crippen molar-refractivity contribution in [2.24, 2.45) is 0 Å². The minimum atomic E-state index is -10.7. The average Bonchev–Trinajstić information content (AvgIpc) is 2.34. The molecule has 0 N–H and O–H groups in total. The SMILES string of the molecule is CCOC(C)[n+]1cccc2ccccc21.F[P-](F)(F)(F)(F)F. The van der Waals surface area contributed by atoms with Crippen molar-refractivity contribution in [3.05, 3.63) is 42.6 Å². The normalized spacial score (nSPS) is 16.2. The molecule has 2 rings (SSSR count). The summed E-state index contributed by atoms with van der Waals surface area (Å²) in [7, 11) is -10.7. The number of pyridine rings is 1. The van der Waals surface area contributed by atoms with Gasteiger partial charge in [-0.05, 0) is 19.1 Å². The average molecular weight is 347 g/mol. The Labute approximate surface area is 123 Å². The van der Waals surface area contributed by atoms with Crippen molar-refractivity contribution in [2.75, 3.05) is 6.61 Å². The summed E-state index contributed by atoms with van der Waals surface area (Å²) in [6.07, 6.45) is 2.14. The summed E-state index contributed by atoms with van der Waals surface area (Å²) in [4.78, 5) is 0. The number of aromatic nitrogens is 1. The third-order valence-electron chi connectivity index (χ3n) is 2.54. The molecule has 0 saturated carbocycles. The Balaban J connectivity index is 0.000000295. The van der Waals surface area contributed by atoms with Crippen LogP contribution in [0.25, 0.3) is 10.9 Å². The van der Waals surface area contributed by atoms with Gasteiger partial charge >= 0.3 is 33.0 Å². The van der Waals surface area contributed by atoms with E-state index in [1.807, 2.05) is 6.92 Å². The predicted octanol–water partition coefficient (Wildman–Crippen LogP) is 6.06. The Morgan fingerprint density at radius 2 is 1.50 bits per heavy atom. The molecule has 0 fully saturated rings. The van der Waals surface area contributed by atoms with E-state index in [0.717, 1.165) is 6.61 Å². The molecule has 0 aliphatic heterocycles. The molecule has 9 heteroatoms. The van der Waals surface area contributed by atoms with E-state index in [0.29, 0.717) is 0 Å². The molecule has 0 aliphatic carbocycles. The van der Waals surface area contributed by atoms with E-state index in [1.54, 1.807) is 0 Å². The molecule has 126 valence electrons. The summed E-state index contributed by atoms with van der Waals surface area (Å²) < 4.78 is 66.9. The summed E-state index contributed by atoms with van der Waals surface area (Å²) in [5, 5.41) is 1.24. The summed E-state index contributed by atoms with van der Waals surface area (Å²) >= 11 is 0. The van der Waals surface area contributed by atoms with Crippen molar-refractivity contribution in [2.45, 2.75) is 20.1 Å². The van der Waals surface area contributed by atoms with Crippen LogP contribution in [0, 0.1) is 0 Å². The third kappa shape index (κ3) is 8.14. The molecule has 1 aromatic carbocycles. The van der Waals surface area contributed by atoms with Crippen molar-refractivity contribution in [1.29, 1.82) is 0 Å². The van der Waals surface area contributed by atoms with E-state index in [9.17, 15) is 25.2 Å². The van der Waals surface area contributed by atoms with Crippen LogP contribution in [0.3, 0.4) is 0 Å². The fourth-order valence-corrected chi connectivity index (χ4v) is 1.82. The van der Waals surface area contributed by atoms with Crippen LogP contribution in [0.15, 0.2) is 42.6 Å². The van der Waals surface area contributed by atoms with Gasteiger partial charge in [-0.1, -0.05) is 12.1 Å². The molecule has 1 aromatic heterocycles. The number of rotatable bonds is 3. The van der Waals surface area contributed by atoms with E-state index in [2.05, 4.69) is 54.1 Å². The third-order valence-corrected chi connectivity index (χ3v) is 2.54. The zero-order chi connectivity index (χ0) is 17.1. The van der Waals surface area contributed by atoms with Crippen molar-refractivity contribution >= 4 is 18.7 Å². The van der Waals surface area contributed by atoms with Crippen LogP contribution in [-0.4, -0.2) is 6.61 Å². The van der Waals surface area contributed by atoms with Crippen molar-refractivity contribution in [3.8, 4) is 0 Å². The quantitative estimate of drug-likeness (QED) is 0.373. The predicted molar refractivity (Wildman–Crippen MR) is 74.0 cm³/mol. The van der Waals surface area contributed by atoms with E-state index < -0.39 is 7.81 Å². The molecule has 1 unspecified atom stereocenters. The molecule has 0 saturated heterocycles. The first kappa shape index (κ1) is 18.6. The fraction of sp³-hybridized carbons (Fsp3) is 0.308. The molecular weight excluding hydrogens is 331 g/mol. The van der Waals surface area contributed by atoms with Crippen LogP contribution in [0.5, 0.6) is 0 Å². The van der Waals surface area contributed by atoms with Crippen molar-refractivity contribution in [1.82, 2.24) is 0 Å². The zero-order valence-corrected chi connectivity index (χ0v) is 12.8. The monoisotopic (exact) mass is 347 g/mol. The Bertz CT molecular complexity index is 627. The maximum atomic E-state index is 9.87. The van der Waals surface area contributed by atoms with Crippen LogP contribution in [-0.2, 0) is 4.74 Å². The summed E-state index contributed by atoms with van der Waals surface area (Å²) in [6.45, 7) is 4.81. The van der Waals surface area contributed by atoms with Gasteiger partial charge < -0.3 is 4.74 Å². The van der Waals surface area contributed by atoms with Gasteiger partial charge in [-0.25, -0.2) is 0 Å². The second-order valence-corrected chi connectivity index (χ2v) is 6.40. The van der Waals surface area contributed by atoms with Crippen LogP contribution in [0.1, 0.15) is 20.1 Å². The molecule has 0 amide bonds. The number of benzene rings is 1. The van der Waals surface area contributed by atoms with Gasteiger partial charge in [0, 0.05) is 24.4 Å². The standard InChI is InChI=1S/C13H16NO.F6P/c1-3-15-11(2)14-10-6-8-12-7-4-5-9-13(12)14;1-7(2,3,4,5)6/h4-11H,3H2,1-2H3;/q+1;-1. The van der Waals surface area contributed by atoms with Gasteiger partial charge in [-0.3, -0.25) is 0 Å². The van der Waals surface area contributed by atoms with Crippen LogP contribution >= 0.6 is 7.81 Å². The molecule has 0 spiro atoms. The first-order valence-corrected chi connectivity index (χ1v) is 8.37. The first-order chi connectivity index (χ1) is 9.78. The van der Waals surface area contributed by atoms with Crippen LogP contribution in [0.2, 0.25) is 0 Å². The van der Waals surface area contributed by atoms with E-state index in [1.165, 1.54) is 10.9 Å². The number of ether oxygens (including phenoxy) is 1. The van der Waals surface area contributed by atoms with Crippen molar-refractivity contribution < 1.29 is 34.5 Å². The van der Waals surface area contributed by atoms with Crippen molar-refractivity contribution in [3.63, 3.8) is 0 Å². The second-order valence-electron chi connectivity index (χ2n) is 4.49. The van der Waals surface area contributed by atoms with Gasteiger partial charge in [0.15, 0.2) is 6.20 Å². The Kier molecular flexibility index (Phi) is 4.80. The number of halogens is 6. The molecular formula is C13H16F6NOP. The van der Waals surface area contributed by atoms with Gasteiger partial charge in [0.05, 0.1) is 6.61 Å². The van der Waals surface area contributed by atoms with Crippen LogP contribution < -0.4 is 4.57 Å². The molecule has 2 nitrogen and oxygen atoms in total. The van der Waals surface area contributed by atoms with Gasteiger partial charge in [0.25, 0.3) is 6.23 Å². The maximum absolute atomic E-state index is 10.7. The van der Waals surface area contributed by atoms with Gasteiger partial charge in [-0.2, -0.15) is 4.57 Å². The molecule has 1 heterocycles. The van der Waals surface area contributed by atoms with Crippen LogP contribution in [0.4, 0.5) is 25.2 Å². The van der Waals surface area contributed by atoms with Gasteiger partial charge in [0.2, 0.25) is 5.52 Å². The minimum absolute atomic E-state index is 0.0844. The van der Waals surface area contributed by atoms with E-state index in [-0.39, 0.29) is 6.23 Å². The van der Waals surface area contributed by atoms with Gasteiger partial charge in [0.1, 0.15) is 0 Å². The first-order valence-electron chi connectivity index (χ1n) is 6.35. The number of hydrogen-bond acceptors (Lipinski definition) is 1. The Morgan fingerprint density at radius 3 is 2.05 bits per heavy atom. The number of fused-ring (bicyclic) bond motifs is 1. The number of hydrogen-bond donors (Lipinski definition) is 0. The van der Waals surface area contributed by atoms with Gasteiger partial charge in [-0.15, -0.1) is 0 Å². The summed E-state index contributed by atoms with van der Waals surface area (Å²) in [5.74, 6) is 0. The summed E-state index contributed by atoms with van der Waals surface area (Å²) in [5.41, 5.74) is 1.21.